The molecule has 1 aromatic heterocycles. The molecule has 3 N–H and O–H groups in total. The molecular formula is C11H8BrF3N2O2S2. The van der Waals surface area contributed by atoms with Crippen molar-refractivity contribution in [1.29, 1.82) is 0 Å². The number of benzene rings is 1. The number of alkyl halides is 3. The number of sulfonamides is 1. The quantitative estimate of drug-likeness (QED) is 0.767. The molecule has 2 aromatic rings. The van der Waals surface area contributed by atoms with E-state index in [2.05, 4.69) is 20.7 Å². The number of thiophene rings is 1. The first-order valence-electron chi connectivity index (χ1n) is 5.34. The third-order valence-corrected chi connectivity index (χ3v) is 5.92. The maximum absolute atomic E-state index is 12.7. The summed E-state index contributed by atoms with van der Waals surface area (Å²) in [6.07, 6.45) is -4.66. The van der Waals surface area contributed by atoms with Crippen LogP contribution in [0.25, 0.3) is 0 Å². The zero-order valence-electron chi connectivity index (χ0n) is 10.1. The molecular weight excluding hydrogens is 393 g/mol. The number of nitrogens with two attached hydrogens (primary N) is 1. The van der Waals surface area contributed by atoms with E-state index in [9.17, 15) is 21.6 Å². The van der Waals surface area contributed by atoms with Crippen LogP contribution >= 0.6 is 27.3 Å². The van der Waals surface area contributed by atoms with Gasteiger partial charge in [-0.1, -0.05) is 0 Å². The van der Waals surface area contributed by atoms with Crippen molar-refractivity contribution in [3.8, 4) is 0 Å². The maximum atomic E-state index is 12.7. The third kappa shape index (κ3) is 3.69. The van der Waals surface area contributed by atoms with E-state index in [1.165, 1.54) is 18.2 Å². The largest absolute Gasteiger partial charge is 0.418 e. The molecule has 2 rings (SSSR count). The summed E-state index contributed by atoms with van der Waals surface area (Å²) < 4.78 is 64.9. The van der Waals surface area contributed by atoms with Crippen molar-refractivity contribution in [3.63, 3.8) is 0 Å². The molecule has 0 unspecified atom stereocenters. The van der Waals surface area contributed by atoms with Gasteiger partial charge in [-0.05, 0) is 46.3 Å². The van der Waals surface area contributed by atoms with Gasteiger partial charge in [0, 0.05) is 11.4 Å². The molecule has 1 heterocycles. The lowest BCUT2D eigenvalue weighted by molar-refractivity contribution is -0.136. The first-order chi connectivity index (χ1) is 9.59. The second kappa shape index (κ2) is 5.50. The van der Waals surface area contributed by atoms with Gasteiger partial charge < -0.3 is 5.73 Å². The molecule has 0 bridgehead atoms. The van der Waals surface area contributed by atoms with Gasteiger partial charge in [0.25, 0.3) is 10.0 Å². The maximum Gasteiger partial charge on any atom is 0.418 e. The zero-order valence-corrected chi connectivity index (χ0v) is 13.3. The van der Waals surface area contributed by atoms with Gasteiger partial charge in [-0.2, -0.15) is 13.2 Å². The molecule has 0 radical (unpaired) electrons. The number of rotatable bonds is 3. The van der Waals surface area contributed by atoms with Crippen LogP contribution in [0.3, 0.4) is 0 Å². The van der Waals surface area contributed by atoms with Gasteiger partial charge in [-0.15, -0.1) is 11.3 Å². The molecule has 0 fully saturated rings. The summed E-state index contributed by atoms with van der Waals surface area (Å²) in [6.45, 7) is 0. The molecule has 0 aliphatic heterocycles. The van der Waals surface area contributed by atoms with Crippen molar-refractivity contribution < 1.29 is 21.6 Å². The molecule has 114 valence electrons. The van der Waals surface area contributed by atoms with Crippen LogP contribution in [0, 0.1) is 0 Å². The first kappa shape index (κ1) is 16.1. The van der Waals surface area contributed by atoms with E-state index < -0.39 is 27.5 Å². The van der Waals surface area contributed by atoms with E-state index in [0.717, 1.165) is 17.4 Å². The number of anilines is 2. The summed E-state index contributed by atoms with van der Waals surface area (Å²) in [5.41, 5.74) is 3.49. The second-order valence-electron chi connectivity index (χ2n) is 3.96. The Morgan fingerprint density at radius 1 is 1.19 bits per heavy atom. The normalized spacial score (nSPS) is 12.4. The number of nitrogen functional groups attached to an aromatic ring is 1. The third-order valence-electron chi connectivity index (χ3n) is 2.42. The highest BCUT2D eigenvalue weighted by Crippen LogP contribution is 2.36. The average Bonchev–Trinajstić information content (AvgIpc) is 2.77. The van der Waals surface area contributed by atoms with Crippen LogP contribution in [0.15, 0.2) is 38.3 Å². The molecule has 0 atom stereocenters. The smallest absolute Gasteiger partial charge is 0.398 e. The fraction of sp³-hybridized carbons (Fsp3) is 0.0909. The highest BCUT2D eigenvalue weighted by atomic mass is 79.9. The Kier molecular flexibility index (Phi) is 4.22. The Hall–Kier alpha value is -1.26. The molecule has 0 spiro atoms. The van der Waals surface area contributed by atoms with Crippen molar-refractivity contribution >= 4 is 48.7 Å². The van der Waals surface area contributed by atoms with Gasteiger partial charge in [0.05, 0.1) is 9.35 Å². The molecule has 0 amide bonds. The van der Waals surface area contributed by atoms with Crippen LogP contribution in [0.4, 0.5) is 24.5 Å². The van der Waals surface area contributed by atoms with Crippen LogP contribution in [-0.4, -0.2) is 8.42 Å². The molecule has 4 nitrogen and oxygen atoms in total. The number of halogens is 4. The van der Waals surface area contributed by atoms with E-state index in [0.29, 0.717) is 9.85 Å². The van der Waals surface area contributed by atoms with Gasteiger partial charge in [0.1, 0.15) is 4.21 Å². The zero-order chi connectivity index (χ0) is 15.8. The van der Waals surface area contributed by atoms with E-state index in [1.807, 2.05) is 0 Å². The van der Waals surface area contributed by atoms with Crippen LogP contribution in [0.1, 0.15) is 5.56 Å². The summed E-state index contributed by atoms with van der Waals surface area (Å²) in [7, 11) is -3.94. The van der Waals surface area contributed by atoms with Crippen LogP contribution < -0.4 is 10.5 Å². The Morgan fingerprint density at radius 2 is 1.86 bits per heavy atom. The topological polar surface area (TPSA) is 72.2 Å². The average molecular weight is 401 g/mol. The van der Waals surface area contributed by atoms with E-state index in [4.69, 9.17) is 5.73 Å². The lowest BCUT2D eigenvalue weighted by Gasteiger charge is -2.12. The Bertz CT molecular complexity index is 772. The predicted molar refractivity (Wildman–Crippen MR) is 78.7 cm³/mol. The monoisotopic (exact) mass is 400 g/mol. The lowest BCUT2D eigenvalue weighted by atomic mass is 10.1. The molecule has 10 heteroatoms. The Balaban J connectivity index is 2.36. The predicted octanol–water partition coefficient (Wildman–Crippen LogP) is 3.91. The van der Waals surface area contributed by atoms with Crippen LogP contribution in [0.5, 0.6) is 0 Å². The second-order valence-corrected chi connectivity index (χ2v) is 8.34. The van der Waals surface area contributed by atoms with Crippen LogP contribution in [0.2, 0.25) is 0 Å². The summed E-state index contributed by atoms with van der Waals surface area (Å²) in [6, 6.07) is 5.72. The molecule has 0 saturated carbocycles. The molecule has 1 aromatic carbocycles. The van der Waals surface area contributed by atoms with Crippen molar-refractivity contribution in [2.24, 2.45) is 0 Å². The summed E-state index contributed by atoms with van der Waals surface area (Å²) in [5, 5.41) is 0. The lowest BCUT2D eigenvalue weighted by Crippen LogP contribution is -2.14. The van der Waals surface area contributed by atoms with Gasteiger partial charge in [-0.3, -0.25) is 4.72 Å². The minimum absolute atomic E-state index is 0.0141. The van der Waals surface area contributed by atoms with Crippen molar-refractivity contribution in [3.05, 3.63) is 39.7 Å². The van der Waals surface area contributed by atoms with Crippen molar-refractivity contribution in [1.82, 2.24) is 0 Å². The Morgan fingerprint density at radius 3 is 2.38 bits per heavy atom. The fourth-order valence-corrected chi connectivity index (χ4v) is 4.57. The number of nitrogens with one attached hydrogen (secondary N) is 1. The molecule has 0 aliphatic rings. The highest BCUT2D eigenvalue weighted by Gasteiger charge is 2.33. The molecule has 0 saturated heterocycles. The van der Waals surface area contributed by atoms with Crippen LogP contribution in [-0.2, 0) is 16.2 Å². The Labute approximate surface area is 131 Å². The summed E-state index contributed by atoms with van der Waals surface area (Å²) >= 11 is 4.06. The summed E-state index contributed by atoms with van der Waals surface area (Å²) in [4.78, 5) is 0. The van der Waals surface area contributed by atoms with Gasteiger partial charge in [0.15, 0.2) is 0 Å². The standard InChI is InChI=1S/C11H8BrF3N2O2S2/c12-9-3-4-10(20-9)21(18,19)17-6-1-2-8(16)7(5-6)11(13,14)15/h1-5,17H,16H2. The molecule has 21 heavy (non-hydrogen) atoms. The van der Waals surface area contributed by atoms with E-state index in [-0.39, 0.29) is 9.90 Å². The SMILES string of the molecule is Nc1ccc(NS(=O)(=O)c2ccc(Br)s2)cc1C(F)(F)F. The van der Waals surface area contributed by atoms with Crippen molar-refractivity contribution in [2.45, 2.75) is 10.4 Å². The van der Waals surface area contributed by atoms with Gasteiger partial charge in [-0.25, -0.2) is 8.42 Å². The number of hydrogen-bond donors (Lipinski definition) is 2. The van der Waals surface area contributed by atoms with E-state index >= 15 is 0 Å². The number of hydrogen-bond acceptors (Lipinski definition) is 4. The van der Waals surface area contributed by atoms with Crippen molar-refractivity contribution in [2.75, 3.05) is 10.5 Å². The minimum Gasteiger partial charge on any atom is -0.398 e. The van der Waals surface area contributed by atoms with Gasteiger partial charge in [0.2, 0.25) is 0 Å². The minimum atomic E-state index is -4.66. The van der Waals surface area contributed by atoms with E-state index in [1.54, 1.807) is 0 Å². The fourth-order valence-electron chi connectivity index (χ4n) is 1.51. The highest BCUT2D eigenvalue weighted by molar-refractivity contribution is 9.11. The first-order valence-corrected chi connectivity index (χ1v) is 8.44. The molecule has 0 aliphatic carbocycles. The van der Waals surface area contributed by atoms with Gasteiger partial charge >= 0.3 is 6.18 Å². The summed E-state index contributed by atoms with van der Waals surface area (Å²) in [5.74, 6) is 0.